The maximum Gasteiger partial charge on any atom is 0.263 e. The first-order valence-electron chi connectivity index (χ1n) is 4.36. The molecule has 0 spiro atoms. The van der Waals surface area contributed by atoms with Crippen molar-refractivity contribution < 1.29 is 4.79 Å². The molecule has 0 aromatic carbocycles. The molecule has 0 aliphatic rings. The highest BCUT2D eigenvalue weighted by Crippen LogP contribution is 2.18. The molecule has 0 atom stereocenters. The number of nitrogens with zero attached hydrogens (tertiary/aromatic N) is 1. The van der Waals surface area contributed by atoms with Crippen molar-refractivity contribution in [1.29, 1.82) is 0 Å². The Kier molecular flexibility index (Phi) is 3.84. The number of amides is 1. The third-order valence-electron chi connectivity index (χ3n) is 1.69. The predicted molar refractivity (Wildman–Crippen MR) is 57.3 cm³/mol. The van der Waals surface area contributed by atoms with E-state index >= 15 is 0 Å². The monoisotopic (exact) mass is 214 g/mol. The van der Waals surface area contributed by atoms with Crippen molar-refractivity contribution in [3.63, 3.8) is 0 Å². The zero-order chi connectivity index (χ0) is 10.6. The van der Waals surface area contributed by atoms with Crippen LogP contribution in [0.2, 0.25) is 0 Å². The van der Waals surface area contributed by atoms with Gasteiger partial charge in [0.1, 0.15) is 4.88 Å². The number of hydrogen-bond acceptors (Lipinski definition) is 5. The van der Waals surface area contributed by atoms with E-state index in [1.165, 1.54) is 11.3 Å². The molecule has 1 aromatic rings. The zero-order valence-corrected chi connectivity index (χ0v) is 8.86. The summed E-state index contributed by atoms with van der Waals surface area (Å²) in [5.74, 6) is -0.120. The van der Waals surface area contributed by atoms with Crippen molar-refractivity contribution in [3.8, 4) is 0 Å². The fraction of sp³-hybridized carbons (Fsp3) is 0.500. The molecule has 0 radical (unpaired) electrons. The van der Waals surface area contributed by atoms with Gasteiger partial charge in [0.05, 0.1) is 5.69 Å². The van der Waals surface area contributed by atoms with E-state index in [9.17, 15) is 4.79 Å². The predicted octanol–water partition coefficient (Wildman–Crippen LogP) is 0.112. The van der Waals surface area contributed by atoms with E-state index in [1.54, 1.807) is 6.92 Å². The minimum atomic E-state index is -0.120. The molecule has 5 N–H and O–H groups in total. The van der Waals surface area contributed by atoms with Crippen LogP contribution in [-0.2, 0) is 0 Å². The molecule has 0 saturated carbocycles. The molecule has 1 amide bonds. The van der Waals surface area contributed by atoms with E-state index in [1.807, 2.05) is 0 Å². The van der Waals surface area contributed by atoms with Gasteiger partial charge in [-0.2, -0.15) is 0 Å². The summed E-state index contributed by atoms with van der Waals surface area (Å²) < 4.78 is 0. The lowest BCUT2D eigenvalue weighted by Gasteiger charge is -2.01. The van der Waals surface area contributed by atoms with Gasteiger partial charge in [-0.05, 0) is 19.9 Å². The summed E-state index contributed by atoms with van der Waals surface area (Å²) in [6.07, 6.45) is 0.777. The van der Waals surface area contributed by atoms with Crippen molar-refractivity contribution in [1.82, 2.24) is 10.3 Å². The Morgan fingerprint density at radius 1 is 1.64 bits per heavy atom. The van der Waals surface area contributed by atoms with E-state index in [2.05, 4.69) is 10.3 Å². The molecule has 0 aliphatic carbocycles. The molecule has 6 heteroatoms. The van der Waals surface area contributed by atoms with Crippen molar-refractivity contribution in [2.45, 2.75) is 13.3 Å². The van der Waals surface area contributed by atoms with Crippen LogP contribution in [0.5, 0.6) is 0 Å². The maximum atomic E-state index is 11.5. The normalized spacial score (nSPS) is 10.1. The van der Waals surface area contributed by atoms with Crippen LogP contribution in [-0.4, -0.2) is 24.0 Å². The summed E-state index contributed by atoms with van der Waals surface area (Å²) >= 11 is 1.20. The Labute approximate surface area is 86.5 Å². The smallest absolute Gasteiger partial charge is 0.263 e. The minimum Gasteiger partial charge on any atom is -0.375 e. The van der Waals surface area contributed by atoms with E-state index in [0.717, 1.165) is 6.42 Å². The van der Waals surface area contributed by atoms with Gasteiger partial charge in [-0.15, -0.1) is 0 Å². The van der Waals surface area contributed by atoms with Crippen LogP contribution in [0.4, 0.5) is 5.13 Å². The Morgan fingerprint density at radius 3 is 2.86 bits per heavy atom. The molecule has 0 unspecified atom stereocenters. The number of rotatable bonds is 4. The Hall–Kier alpha value is -1.14. The molecule has 78 valence electrons. The quantitative estimate of drug-likeness (QED) is 0.620. The van der Waals surface area contributed by atoms with Crippen LogP contribution >= 0.6 is 11.3 Å². The molecular weight excluding hydrogens is 200 g/mol. The Bertz CT molecular complexity index is 323. The molecule has 1 rings (SSSR count). The van der Waals surface area contributed by atoms with Crippen molar-refractivity contribution >= 4 is 22.4 Å². The Balaban J connectivity index is 2.56. The number of anilines is 1. The second kappa shape index (κ2) is 4.92. The first-order valence-corrected chi connectivity index (χ1v) is 5.18. The summed E-state index contributed by atoms with van der Waals surface area (Å²) in [5, 5.41) is 3.17. The highest BCUT2D eigenvalue weighted by atomic mass is 32.1. The lowest BCUT2D eigenvalue weighted by atomic mass is 10.3. The van der Waals surface area contributed by atoms with Crippen molar-refractivity contribution in [3.05, 3.63) is 10.6 Å². The van der Waals surface area contributed by atoms with E-state index < -0.39 is 0 Å². The van der Waals surface area contributed by atoms with E-state index in [4.69, 9.17) is 11.5 Å². The van der Waals surface area contributed by atoms with Gasteiger partial charge in [0.2, 0.25) is 0 Å². The molecule has 5 nitrogen and oxygen atoms in total. The molecule has 14 heavy (non-hydrogen) atoms. The maximum absolute atomic E-state index is 11.5. The third-order valence-corrected chi connectivity index (χ3v) is 2.67. The average Bonchev–Trinajstić information content (AvgIpc) is 2.45. The van der Waals surface area contributed by atoms with E-state index in [0.29, 0.717) is 28.8 Å². The Morgan fingerprint density at radius 2 is 2.36 bits per heavy atom. The summed E-state index contributed by atoms with van der Waals surface area (Å²) in [4.78, 5) is 16.1. The van der Waals surface area contributed by atoms with Gasteiger partial charge in [0, 0.05) is 6.54 Å². The number of aromatic nitrogens is 1. The number of thiazole rings is 1. The molecular formula is C8H14N4OS. The van der Waals surface area contributed by atoms with Gasteiger partial charge in [-0.25, -0.2) is 4.98 Å². The summed E-state index contributed by atoms with van der Waals surface area (Å²) in [6, 6.07) is 0. The van der Waals surface area contributed by atoms with Crippen LogP contribution < -0.4 is 16.8 Å². The molecule has 0 fully saturated rings. The number of nitrogen functional groups attached to an aromatic ring is 1. The number of hydrogen-bond donors (Lipinski definition) is 3. The SMILES string of the molecule is Cc1nc(N)sc1C(=O)NCCCN. The van der Waals surface area contributed by atoms with Crippen LogP contribution in [0.15, 0.2) is 0 Å². The number of carbonyl (C=O) groups excluding carboxylic acids is 1. The average molecular weight is 214 g/mol. The lowest BCUT2D eigenvalue weighted by Crippen LogP contribution is -2.25. The van der Waals surface area contributed by atoms with Gasteiger partial charge in [0.15, 0.2) is 5.13 Å². The molecule has 1 aromatic heterocycles. The summed E-state index contributed by atoms with van der Waals surface area (Å²) in [6.45, 7) is 2.93. The van der Waals surface area contributed by atoms with Crippen LogP contribution in [0.1, 0.15) is 21.8 Å². The number of carbonyl (C=O) groups is 1. The number of nitrogens with one attached hydrogen (secondary N) is 1. The standard InChI is InChI=1S/C8H14N4OS/c1-5-6(14-8(10)12-5)7(13)11-4-2-3-9/h2-4,9H2,1H3,(H2,10,12)(H,11,13). The fourth-order valence-corrected chi connectivity index (χ4v) is 1.76. The zero-order valence-electron chi connectivity index (χ0n) is 8.04. The lowest BCUT2D eigenvalue weighted by molar-refractivity contribution is 0.0957. The minimum absolute atomic E-state index is 0.120. The second-order valence-corrected chi connectivity index (χ2v) is 3.90. The first-order chi connectivity index (χ1) is 6.65. The first kappa shape index (κ1) is 10.9. The topological polar surface area (TPSA) is 94.0 Å². The molecule has 0 saturated heterocycles. The number of nitrogens with two attached hydrogens (primary N) is 2. The van der Waals surface area contributed by atoms with Gasteiger partial charge in [0.25, 0.3) is 5.91 Å². The summed E-state index contributed by atoms with van der Waals surface area (Å²) in [7, 11) is 0. The molecule has 1 heterocycles. The number of aryl methyl sites for hydroxylation is 1. The van der Waals surface area contributed by atoms with Crippen LogP contribution in [0.25, 0.3) is 0 Å². The van der Waals surface area contributed by atoms with Gasteiger partial charge in [-0.1, -0.05) is 11.3 Å². The molecule has 0 bridgehead atoms. The van der Waals surface area contributed by atoms with E-state index in [-0.39, 0.29) is 5.91 Å². The molecule has 0 aliphatic heterocycles. The highest BCUT2D eigenvalue weighted by Gasteiger charge is 2.12. The largest absolute Gasteiger partial charge is 0.375 e. The van der Waals surface area contributed by atoms with Gasteiger partial charge < -0.3 is 16.8 Å². The van der Waals surface area contributed by atoms with Crippen LogP contribution in [0, 0.1) is 6.92 Å². The third kappa shape index (κ3) is 2.68. The van der Waals surface area contributed by atoms with Crippen molar-refractivity contribution in [2.24, 2.45) is 5.73 Å². The van der Waals surface area contributed by atoms with Crippen LogP contribution in [0.3, 0.4) is 0 Å². The van der Waals surface area contributed by atoms with Gasteiger partial charge >= 0.3 is 0 Å². The van der Waals surface area contributed by atoms with Crippen molar-refractivity contribution in [2.75, 3.05) is 18.8 Å². The second-order valence-electron chi connectivity index (χ2n) is 2.86. The van der Waals surface area contributed by atoms with Gasteiger partial charge in [-0.3, -0.25) is 4.79 Å². The summed E-state index contributed by atoms with van der Waals surface area (Å²) in [5.41, 5.74) is 11.5. The fourth-order valence-electron chi connectivity index (χ4n) is 1.01. The highest BCUT2D eigenvalue weighted by molar-refractivity contribution is 7.17.